The first-order valence-corrected chi connectivity index (χ1v) is 9.33. The van der Waals surface area contributed by atoms with E-state index in [1.165, 1.54) is 6.07 Å². The maximum atomic E-state index is 13.9. The Balaban J connectivity index is 1.50. The molecule has 0 aromatic heterocycles. The first-order chi connectivity index (χ1) is 13.0. The molecule has 0 radical (unpaired) electrons. The van der Waals surface area contributed by atoms with Crippen LogP contribution in [0.4, 0.5) is 10.1 Å². The van der Waals surface area contributed by atoms with Crippen LogP contribution >= 0.6 is 0 Å². The molecule has 0 spiro atoms. The fourth-order valence-corrected chi connectivity index (χ4v) is 3.34. The van der Waals surface area contributed by atoms with Crippen molar-refractivity contribution in [3.63, 3.8) is 0 Å². The molecule has 0 bridgehead atoms. The molecular weight excluding hydrogens is 343 g/mol. The van der Waals surface area contributed by atoms with Crippen LogP contribution in [0.5, 0.6) is 0 Å². The highest BCUT2D eigenvalue weighted by Crippen LogP contribution is 2.20. The monoisotopic (exact) mass is 368 g/mol. The summed E-state index contributed by atoms with van der Waals surface area (Å²) in [5, 5.41) is 0. The van der Waals surface area contributed by atoms with Crippen LogP contribution in [0.1, 0.15) is 34.3 Å². The Kier molecular flexibility index (Phi) is 5.89. The third-order valence-corrected chi connectivity index (χ3v) is 5.22. The minimum Gasteiger partial charge on any atom is -0.366 e. The SMILES string of the molecule is Cc1ccc(C(=O)CCC(=O)N2CCN(c3ccccc3F)CC2)cc1C. The van der Waals surface area contributed by atoms with E-state index in [4.69, 9.17) is 0 Å². The molecule has 0 aliphatic carbocycles. The number of piperazine rings is 1. The number of ketones is 1. The number of amides is 1. The second-order valence-corrected chi connectivity index (χ2v) is 7.04. The van der Waals surface area contributed by atoms with Crippen LogP contribution in [0.2, 0.25) is 0 Å². The Hall–Kier alpha value is -2.69. The van der Waals surface area contributed by atoms with Crippen molar-refractivity contribution in [2.45, 2.75) is 26.7 Å². The van der Waals surface area contributed by atoms with Crippen molar-refractivity contribution in [2.24, 2.45) is 0 Å². The lowest BCUT2D eigenvalue weighted by molar-refractivity contribution is -0.131. The van der Waals surface area contributed by atoms with Gasteiger partial charge in [-0.2, -0.15) is 0 Å². The number of aryl methyl sites for hydroxylation is 2. The summed E-state index contributed by atoms with van der Waals surface area (Å²) >= 11 is 0. The van der Waals surface area contributed by atoms with Gasteiger partial charge in [-0.25, -0.2) is 4.39 Å². The summed E-state index contributed by atoms with van der Waals surface area (Å²) in [6.45, 7) is 6.27. The molecule has 27 heavy (non-hydrogen) atoms. The number of nitrogens with zero attached hydrogens (tertiary/aromatic N) is 2. The standard InChI is InChI=1S/C22H25FN2O2/c1-16-7-8-18(15-17(16)2)21(26)9-10-22(27)25-13-11-24(12-14-25)20-6-4-3-5-19(20)23/h3-8,15H,9-14H2,1-2H3. The molecule has 1 aliphatic rings. The fraction of sp³-hybridized carbons (Fsp3) is 0.364. The van der Waals surface area contributed by atoms with E-state index in [1.807, 2.05) is 43.0 Å². The first-order valence-electron chi connectivity index (χ1n) is 9.33. The molecule has 0 saturated carbocycles. The minimum absolute atomic E-state index is 0.00329. The second kappa shape index (κ2) is 8.33. The number of para-hydroxylation sites is 1. The van der Waals surface area contributed by atoms with Crippen LogP contribution in [0.25, 0.3) is 0 Å². The van der Waals surface area contributed by atoms with E-state index >= 15 is 0 Å². The summed E-state index contributed by atoms with van der Waals surface area (Å²) in [5.41, 5.74) is 3.47. The number of carbonyl (C=O) groups excluding carboxylic acids is 2. The Labute approximate surface area is 159 Å². The predicted octanol–water partition coefficient (Wildman–Crippen LogP) is 3.75. The third-order valence-electron chi connectivity index (χ3n) is 5.22. The summed E-state index contributed by atoms with van der Waals surface area (Å²) in [5.74, 6) is -0.256. The molecule has 4 nitrogen and oxygen atoms in total. The smallest absolute Gasteiger partial charge is 0.223 e. The summed E-state index contributed by atoms with van der Waals surface area (Å²) < 4.78 is 13.9. The zero-order chi connectivity index (χ0) is 19.4. The highest BCUT2D eigenvalue weighted by molar-refractivity contribution is 5.98. The summed E-state index contributed by atoms with van der Waals surface area (Å²) in [6.07, 6.45) is 0.431. The van der Waals surface area contributed by atoms with Gasteiger partial charge in [0.05, 0.1) is 5.69 Å². The number of Topliss-reactive ketones (excluding diaryl/α,β-unsaturated/α-hetero) is 1. The van der Waals surface area contributed by atoms with Gasteiger partial charge in [0, 0.05) is 44.6 Å². The Bertz CT molecular complexity index is 842. The van der Waals surface area contributed by atoms with Crippen LogP contribution in [0.15, 0.2) is 42.5 Å². The zero-order valence-electron chi connectivity index (χ0n) is 15.9. The van der Waals surface area contributed by atoms with Crippen LogP contribution in [-0.2, 0) is 4.79 Å². The predicted molar refractivity (Wildman–Crippen MR) is 105 cm³/mol. The van der Waals surface area contributed by atoms with Gasteiger partial charge in [-0.05, 0) is 43.2 Å². The van der Waals surface area contributed by atoms with E-state index in [0.717, 1.165) is 11.1 Å². The number of hydrogen-bond donors (Lipinski definition) is 0. The number of anilines is 1. The van der Waals surface area contributed by atoms with E-state index in [2.05, 4.69) is 0 Å². The van der Waals surface area contributed by atoms with Crippen LogP contribution in [0.3, 0.4) is 0 Å². The zero-order valence-corrected chi connectivity index (χ0v) is 15.9. The van der Waals surface area contributed by atoms with Crippen molar-refractivity contribution in [1.82, 2.24) is 4.90 Å². The maximum absolute atomic E-state index is 13.9. The van der Waals surface area contributed by atoms with Gasteiger partial charge in [0.2, 0.25) is 5.91 Å². The van der Waals surface area contributed by atoms with E-state index < -0.39 is 0 Å². The van der Waals surface area contributed by atoms with E-state index in [0.29, 0.717) is 37.4 Å². The van der Waals surface area contributed by atoms with Crippen molar-refractivity contribution >= 4 is 17.4 Å². The lowest BCUT2D eigenvalue weighted by atomic mass is 10.0. The van der Waals surface area contributed by atoms with Gasteiger partial charge in [0.15, 0.2) is 5.78 Å². The molecule has 1 saturated heterocycles. The quantitative estimate of drug-likeness (QED) is 0.755. The molecule has 0 atom stereocenters. The van der Waals surface area contributed by atoms with Crippen molar-refractivity contribution in [1.29, 1.82) is 0 Å². The molecule has 2 aromatic carbocycles. The van der Waals surface area contributed by atoms with Crippen LogP contribution in [-0.4, -0.2) is 42.8 Å². The second-order valence-electron chi connectivity index (χ2n) is 7.04. The summed E-state index contributed by atoms with van der Waals surface area (Å²) in [7, 11) is 0. The molecule has 3 rings (SSSR count). The van der Waals surface area contributed by atoms with Crippen molar-refractivity contribution in [2.75, 3.05) is 31.1 Å². The average molecular weight is 368 g/mol. The fourth-order valence-electron chi connectivity index (χ4n) is 3.34. The Morgan fingerprint density at radius 2 is 1.63 bits per heavy atom. The highest BCUT2D eigenvalue weighted by Gasteiger charge is 2.23. The third kappa shape index (κ3) is 4.54. The van der Waals surface area contributed by atoms with E-state index in [-0.39, 0.29) is 30.3 Å². The van der Waals surface area contributed by atoms with Crippen molar-refractivity contribution < 1.29 is 14.0 Å². The summed E-state index contributed by atoms with van der Waals surface area (Å²) in [6, 6.07) is 12.3. The van der Waals surface area contributed by atoms with Crippen molar-refractivity contribution in [3.8, 4) is 0 Å². The summed E-state index contributed by atoms with van der Waals surface area (Å²) in [4.78, 5) is 28.5. The van der Waals surface area contributed by atoms with Gasteiger partial charge in [-0.15, -0.1) is 0 Å². The molecule has 0 N–H and O–H groups in total. The molecule has 0 unspecified atom stereocenters. The van der Waals surface area contributed by atoms with Gasteiger partial charge < -0.3 is 9.80 Å². The van der Waals surface area contributed by atoms with Gasteiger partial charge in [-0.3, -0.25) is 9.59 Å². The lowest BCUT2D eigenvalue weighted by Crippen LogP contribution is -2.49. The Morgan fingerprint density at radius 1 is 0.926 bits per heavy atom. The van der Waals surface area contributed by atoms with E-state index in [9.17, 15) is 14.0 Å². The Morgan fingerprint density at radius 3 is 2.30 bits per heavy atom. The number of benzene rings is 2. The number of rotatable bonds is 5. The van der Waals surface area contributed by atoms with E-state index in [1.54, 1.807) is 17.0 Å². The van der Waals surface area contributed by atoms with Crippen molar-refractivity contribution in [3.05, 3.63) is 65.0 Å². The van der Waals surface area contributed by atoms with Gasteiger partial charge >= 0.3 is 0 Å². The van der Waals surface area contributed by atoms with Gasteiger partial charge in [0.1, 0.15) is 5.82 Å². The number of carbonyl (C=O) groups is 2. The van der Waals surface area contributed by atoms with Crippen LogP contribution in [0, 0.1) is 19.7 Å². The normalized spacial score (nSPS) is 14.3. The molecule has 142 valence electrons. The average Bonchev–Trinajstić information content (AvgIpc) is 2.68. The molecule has 5 heteroatoms. The largest absolute Gasteiger partial charge is 0.366 e. The molecule has 1 amide bonds. The molecule has 1 aliphatic heterocycles. The molecule has 1 fully saturated rings. The number of hydrogen-bond acceptors (Lipinski definition) is 3. The molecular formula is C22H25FN2O2. The van der Waals surface area contributed by atoms with Crippen LogP contribution < -0.4 is 4.90 Å². The molecule has 1 heterocycles. The maximum Gasteiger partial charge on any atom is 0.223 e. The first kappa shape index (κ1) is 19.1. The van der Waals surface area contributed by atoms with Gasteiger partial charge in [0.25, 0.3) is 0 Å². The number of halogens is 1. The lowest BCUT2D eigenvalue weighted by Gasteiger charge is -2.36. The molecule has 2 aromatic rings. The minimum atomic E-state index is -0.240. The highest BCUT2D eigenvalue weighted by atomic mass is 19.1. The van der Waals surface area contributed by atoms with Gasteiger partial charge in [-0.1, -0.05) is 24.3 Å². The topological polar surface area (TPSA) is 40.6 Å².